The number of nitrogens with zero attached hydrogens (tertiary/aromatic N) is 3. The summed E-state index contributed by atoms with van der Waals surface area (Å²) >= 11 is 1.05. The maximum atomic E-state index is 14.0. The van der Waals surface area contributed by atoms with Crippen LogP contribution in [0.25, 0.3) is 0 Å². The second kappa shape index (κ2) is 10.5. The van der Waals surface area contributed by atoms with Gasteiger partial charge in [0.1, 0.15) is 11.5 Å². The number of aromatic nitrogens is 1. The summed E-state index contributed by atoms with van der Waals surface area (Å²) in [6.45, 7) is 0.653. The van der Waals surface area contributed by atoms with Crippen LogP contribution in [0.1, 0.15) is 23.3 Å². The number of pyridine rings is 1. The van der Waals surface area contributed by atoms with Crippen molar-refractivity contribution in [3.63, 3.8) is 0 Å². The second-order valence-corrected chi connectivity index (χ2v) is 10.2. The average molecular weight is 539 g/mol. The van der Waals surface area contributed by atoms with Crippen molar-refractivity contribution in [2.75, 3.05) is 13.1 Å². The summed E-state index contributed by atoms with van der Waals surface area (Å²) in [5, 5.41) is 0. The number of carbonyl (C=O) groups is 1. The molecule has 0 unspecified atom stereocenters. The molecule has 2 heterocycles. The Labute approximate surface area is 220 Å². The average Bonchev–Trinajstić information content (AvgIpc) is 2.92. The van der Waals surface area contributed by atoms with Gasteiger partial charge in [-0.1, -0.05) is 11.6 Å². The molecule has 0 bridgehead atoms. The highest BCUT2D eigenvalue weighted by atomic mass is 32.2. The number of ketones is 1. The molecule has 1 aromatic heterocycles. The summed E-state index contributed by atoms with van der Waals surface area (Å²) < 4.78 is 56.4. The van der Waals surface area contributed by atoms with Crippen LogP contribution in [0.5, 0.6) is 0 Å². The van der Waals surface area contributed by atoms with Crippen LogP contribution in [-0.4, -0.2) is 33.9 Å². The molecule has 10 heteroatoms. The Bertz CT molecular complexity index is 1450. The first-order chi connectivity index (χ1) is 18.3. The molecule has 1 aliphatic carbocycles. The summed E-state index contributed by atoms with van der Waals surface area (Å²) in [6, 6.07) is 12.7. The van der Waals surface area contributed by atoms with Gasteiger partial charge in [0, 0.05) is 24.2 Å². The van der Waals surface area contributed by atoms with Gasteiger partial charge in [-0.2, -0.15) is 0 Å². The van der Waals surface area contributed by atoms with E-state index in [1.165, 1.54) is 24.5 Å². The number of allylic oxidation sites excluding steroid dienone is 2. The number of nitrogens with two attached hydrogens (primary N) is 1. The van der Waals surface area contributed by atoms with E-state index in [2.05, 4.69) is 9.98 Å². The van der Waals surface area contributed by atoms with E-state index in [4.69, 9.17) is 5.73 Å². The van der Waals surface area contributed by atoms with Crippen molar-refractivity contribution in [1.82, 2.24) is 9.29 Å². The lowest BCUT2D eigenvalue weighted by molar-refractivity contribution is 0.0776. The van der Waals surface area contributed by atoms with Crippen molar-refractivity contribution in [2.24, 2.45) is 16.1 Å². The van der Waals surface area contributed by atoms with Crippen molar-refractivity contribution < 1.29 is 22.4 Å². The third-order valence-electron chi connectivity index (χ3n) is 6.63. The molecule has 5 nitrogen and oxygen atoms in total. The molecule has 2 aliphatic rings. The number of hydrogen-bond donors (Lipinski definition) is 1. The number of benzene rings is 2. The molecule has 2 N–H and O–H groups in total. The van der Waals surface area contributed by atoms with E-state index in [1.807, 2.05) is 10.4 Å². The van der Waals surface area contributed by atoms with Gasteiger partial charge in [-0.3, -0.25) is 9.78 Å². The number of aliphatic imine (C=N–C) groups is 1. The Kier molecular flexibility index (Phi) is 7.18. The fourth-order valence-corrected chi connectivity index (χ4v) is 5.85. The summed E-state index contributed by atoms with van der Waals surface area (Å²) in [6.07, 6.45) is 5.45. The lowest BCUT2D eigenvalue weighted by Crippen LogP contribution is -2.49. The fourth-order valence-electron chi connectivity index (χ4n) is 4.77. The molecule has 0 saturated carbocycles. The van der Waals surface area contributed by atoms with Crippen LogP contribution in [0.3, 0.4) is 0 Å². The first-order valence-electron chi connectivity index (χ1n) is 11.8. The van der Waals surface area contributed by atoms with Crippen LogP contribution in [0.2, 0.25) is 0 Å². The lowest BCUT2D eigenvalue weighted by atomic mass is 9.64. The van der Waals surface area contributed by atoms with Crippen LogP contribution < -0.4 is 5.73 Å². The molecule has 194 valence electrons. The number of hydrogen-bond acceptors (Lipinski definition) is 6. The van der Waals surface area contributed by atoms with E-state index < -0.39 is 22.9 Å². The highest BCUT2D eigenvalue weighted by Crippen LogP contribution is 2.48. The van der Waals surface area contributed by atoms with E-state index in [1.54, 1.807) is 30.3 Å². The Morgan fingerprint density at radius 1 is 1.08 bits per heavy atom. The monoisotopic (exact) mass is 538 g/mol. The molecule has 0 amide bonds. The van der Waals surface area contributed by atoms with Crippen LogP contribution >= 0.6 is 11.9 Å². The minimum Gasteiger partial charge on any atom is -0.404 e. The molecular weight excluding hydrogens is 516 g/mol. The van der Waals surface area contributed by atoms with Crippen molar-refractivity contribution >= 4 is 29.1 Å². The van der Waals surface area contributed by atoms with Crippen molar-refractivity contribution in [3.05, 3.63) is 113 Å². The SMILES string of the molecule is NC=C1C[C@]2(C(=O)c3ccccn3)CN(Sc3cc(F)c(F)c(F)c3)CCC2=CC1=Nc1ccc(F)cc1. The molecule has 0 spiro atoms. The van der Waals surface area contributed by atoms with Crippen LogP contribution in [0.15, 0.2) is 94.1 Å². The molecule has 3 aromatic rings. The zero-order chi connectivity index (χ0) is 26.9. The predicted molar refractivity (Wildman–Crippen MR) is 138 cm³/mol. The largest absolute Gasteiger partial charge is 0.404 e. The maximum absolute atomic E-state index is 14.0. The van der Waals surface area contributed by atoms with Crippen molar-refractivity contribution in [3.8, 4) is 0 Å². The molecule has 1 saturated heterocycles. The molecule has 1 fully saturated rings. The lowest BCUT2D eigenvalue weighted by Gasteiger charge is -2.45. The predicted octanol–water partition coefficient (Wildman–Crippen LogP) is 6.17. The van der Waals surface area contributed by atoms with Crippen molar-refractivity contribution in [1.29, 1.82) is 0 Å². The molecular formula is C28H22F4N4OS. The minimum absolute atomic E-state index is 0.179. The summed E-state index contributed by atoms with van der Waals surface area (Å²) in [7, 11) is 0. The zero-order valence-corrected chi connectivity index (χ0v) is 20.8. The Balaban J connectivity index is 1.55. The maximum Gasteiger partial charge on any atom is 0.194 e. The highest BCUT2D eigenvalue weighted by molar-refractivity contribution is 7.97. The van der Waals surface area contributed by atoms with Gasteiger partial charge in [0.05, 0.1) is 16.8 Å². The van der Waals surface area contributed by atoms with Gasteiger partial charge in [0.2, 0.25) is 0 Å². The molecule has 1 aliphatic heterocycles. The molecule has 5 rings (SSSR count). The second-order valence-electron chi connectivity index (χ2n) is 9.04. The van der Waals surface area contributed by atoms with Gasteiger partial charge in [-0.25, -0.2) is 26.9 Å². The van der Waals surface area contributed by atoms with Crippen LogP contribution in [0.4, 0.5) is 23.2 Å². The number of rotatable bonds is 5. The number of piperidine rings is 1. The summed E-state index contributed by atoms with van der Waals surface area (Å²) in [5.41, 5.74) is 7.77. The third-order valence-corrected chi connectivity index (χ3v) is 7.64. The van der Waals surface area contributed by atoms with Crippen LogP contribution in [-0.2, 0) is 0 Å². The third kappa shape index (κ3) is 5.01. The molecule has 0 radical (unpaired) electrons. The van der Waals surface area contributed by atoms with Gasteiger partial charge in [-0.15, -0.1) is 0 Å². The molecule has 1 atom stereocenters. The quantitative estimate of drug-likeness (QED) is 0.182. The Morgan fingerprint density at radius 3 is 2.47 bits per heavy atom. The van der Waals surface area contributed by atoms with Gasteiger partial charge in [0.15, 0.2) is 23.2 Å². The van der Waals surface area contributed by atoms with E-state index in [-0.39, 0.29) is 35.2 Å². The number of fused-ring (bicyclic) bond motifs is 1. The standard InChI is InChI=1S/C28H22F4N4OS/c29-19-4-6-20(7-5-19)35-25-11-18-8-10-36(38-21-12-22(30)26(32)23(31)13-21)16-28(18,14-17(25)15-33)27(37)24-3-1-2-9-34-24/h1-7,9,11-13,15H,8,10,14,16,33H2/t28-/m0/s1. The summed E-state index contributed by atoms with van der Waals surface area (Å²) in [4.78, 5) is 23.1. The first-order valence-corrected chi connectivity index (χ1v) is 12.6. The minimum atomic E-state index is -1.53. The van der Waals surface area contributed by atoms with Gasteiger partial charge in [-0.05, 0) is 91.2 Å². The van der Waals surface area contributed by atoms with Crippen LogP contribution in [0, 0.1) is 28.7 Å². The van der Waals surface area contributed by atoms with E-state index in [0.29, 0.717) is 29.9 Å². The smallest absolute Gasteiger partial charge is 0.194 e. The topological polar surface area (TPSA) is 71.6 Å². The molecule has 2 aromatic carbocycles. The van der Waals surface area contributed by atoms with E-state index in [9.17, 15) is 22.4 Å². The zero-order valence-electron chi connectivity index (χ0n) is 20.0. The summed E-state index contributed by atoms with van der Waals surface area (Å²) in [5.74, 6) is -4.69. The number of carbonyl (C=O) groups excluding carboxylic acids is 1. The number of Topliss-reactive ketones (excluding diaryl/α,β-unsaturated/α-hetero) is 1. The Hall–Kier alpha value is -3.76. The normalized spacial score (nSPS) is 21.8. The number of halogens is 4. The molecule has 38 heavy (non-hydrogen) atoms. The van der Waals surface area contributed by atoms with Crippen molar-refractivity contribution in [2.45, 2.75) is 17.7 Å². The van der Waals surface area contributed by atoms with Gasteiger partial charge in [0.25, 0.3) is 0 Å². The fraction of sp³-hybridized carbons (Fsp3) is 0.179. The van der Waals surface area contributed by atoms with Gasteiger partial charge >= 0.3 is 0 Å². The van der Waals surface area contributed by atoms with E-state index in [0.717, 1.165) is 29.7 Å². The van der Waals surface area contributed by atoms with Gasteiger partial charge < -0.3 is 5.73 Å². The Morgan fingerprint density at radius 2 is 1.82 bits per heavy atom. The highest BCUT2D eigenvalue weighted by Gasteiger charge is 2.49. The first kappa shape index (κ1) is 25.9. The van der Waals surface area contributed by atoms with E-state index >= 15 is 0 Å².